The largest absolute Gasteiger partial charge is 0.398 e. The van der Waals surface area contributed by atoms with Crippen LogP contribution in [0.5, 0.6) is 0 Å². The molecule has 1 aliphatic heterocycles. The number of anilines is 1. The van der Waals surface area contributed by atoms with Gasteiger partial charge in [0.2, 0.25) is 0 Å². The number of hydrogen-bond acceptors (Lipinski definition) is 2. The predicted octanol–water partition coefficient (Wildman–Crippen LogP) is 1.73. The second kappa shape index (κ2) is 4.01. The number of para-hydroxylation sites is 1. The van der Waals surface area contributed by atoms with Gasteiger partial charge in [0.15, 0.2) is 0 Å². The zero-order valence-corrected chi connectivity index (χ0v) is 8.72. The van der Waals surface area contributed by atoms with Crippen LogP contribution in [0.4, 0.5) is 5.69 Å². The van der Waals surface area contributed by atoms with Crippen molar-refractivity contribution in [3.05, 3.63) is 29.3 Å². The van der Waals surface area contributed by atoms with E-state index >= 15 is 0 Å². The third-order valence-corrected chi connectivity index (χ3v) is 3.09. The van der Waals surface area contributed by atoms with Gasteiger partial charge in [0.1, 0.15) is 0 Å². The zero-order valence-electron chi connectivity index (χ0n) is 8.72. The van der Waals surface area contributed by atoms with E-state index in [4.69, 9.17) is 5.73 Å². The van der Waals surface area contributed by atoms with Crippen LogP contribution in [0.2, 0.25) is 0 Å². The van der Waals surface area contributed by atoms with Crippen molar-refractivity contribution in [3.8, 4) is 0 Å². The highest BCUT2D eigenvalue weighted by Crippen LogP contribution is 2.22. The van der Waals surface area contributed by atoms with Crippen LogP contribution in [0.25, 0.3) is 0 Å². The molecule has 1 aromatic rings. The Morgan fingerprint density at radius 3 is 3.07 bits per heavy atom. The number of nitrogen functional groups attached to an aromatic ring is 1. The van der Waals surface area contributed by atoms with E-state index in [0.29, 0.717) is 0 Å². The monoisotopic (exact) mass is 190 g/mol. The summed E-state index contributed by atoms with van der Waals surface area (Å²) in [6.07, 6.45) is 2.41. The molecule has 2 heteroatoms. The van der Waals surface area contributed by atoms with Gasteiger partial charge < -0.3 is 11.1 Å². The van der Waals surface area contributed by atoms with Crippen LogP contribution in [-0.2, 0) is 6.42 Å². The summed E-state index contributed by atoms with van der Waals surface area (Å²) < 4.78 is 0. The summed E-state index contributed by atoms with van der Waals surface area (Å²) in [6.45, 7) is 4.38. The first-order chi connectivity index (χ1) is 6.77. The summed E-state index contributed by atoms with van der Waals surface area (Å²) in [5.41, 5.74) is 9.55. The number of benzene rings is 1. The van der Waals surface area contributed by atoms with Crippen molar-refractivity contribution in [2.75, 3.05) is 18.8 Å². The van der Waals surface area contributed by atoms with Gasteiger partial charge in [-0.2, -0.15) is 0 Å². The minimum Gasteiger partial charge on any atom is -0.398 e. The first-order valence-electron chi connectivity index (χ1n) is 5.32. The minimum absolute atomic E-state index is 0.777. The van der Waals surface area contributed by atoms with Gasteiger partial charge in [0.05, 0.1) is 0 Å². The maximum Gasteiger partial charge on any atom is 0.0376 e. The molecule has 1 saturated heterocycles. The van der Waals surface area contributed by atoms with Gasteiger partial charge in [0.25, 0.3) is 0 Å². The second-order valence-electron chi connectivity index (χ2n) is 4.21. The van der Waals surface area contributed by atoms with Gasteiger partial charge in [-0.15, -0.1) is 0 Å². The van der Waals surface area contributed by atoms with E-state index < -0.39 is 0 Å². The van der Waals surface area contributed by atoms with Crippen molar-refractivity contribution < 1.29 is 0 Å². The van der Waals surface area contributed by atoms with Gasteiger partial charge in [0, 0.05) is 5.69 Å². The first-order valence-corrected chi connectivity index (χ1v) is 5.32. The molecule has 2 nitrogen and oxygen atoms in total. The van der Waals surface area contributed by atoms with Gasteiger partial charge in [-0.25, -0.2) is 0 Å². The summed E-state index contributed by atoms with van der Waals surface area (Å²) in [5.74, 6) is 0.777. The van der Waals surface area contributed by atoms with E-state index in [9.17, 15) is 0 Å². The maximum atomic E-state index is 6.04. The van der Waals surface area contributed by atoms with E-state index in [-0.39, 0.29) is 0 Å². The van der Waals surface area contributed by atoms with Crippen LogP contribution >= 0.6 is 0 Å². The fraction of sp³-hybridized carbons (Fsp3) is 0.500. The molecule has 1 fully saturated rings. The predicted molar refractivity (Wildman–Crippen MR) is 60.3 cm³/mol. The maximum absolute atomic E-state index is 6.04. The molecule has 0 saturated carbocycles. The van der Waals surface area contributed by atoms with Gasteiger partial charge >= 0.3 is 0 Å². The lowest BCUT2D eigenvalue weighted by molar-refractivity contribution is 0.581. The average Bonchev–Trinajstić information content (AvgIpc) is 2.66. The number of nitrogens with two attached hydrogens (primary N) is 1. The SMILES string of the molecule is Cc1cccc(CC2CCNC2)c1N. The highest BCUT2D eigenvalue weighted by atomic mass is 14.9. The number of aryl methyl sites for hydroxylation is 1. The molecule has 0 aliphatic carbocycles. The standard InChI is InChI=1S/C12H18N2/c1-9-3-2-4-11(12(9)13)7-10-5-6-14-8-10/h2-4,10,14H,5-8,13H2,1H3. The Labute approximate surface area is 85.5 Å². The molecule has 14 heavy (non-hydrogen) atoms. The van der Waals surface area contributed by atoms with Crippen molar-refractivity contribution in [2.24, 2.45) is 5.92 Å². The number of hydrogen-bond donors (Lipinski definition) is 2. The molecule has 1 heterocycles. The summed E-state index contributed by atoms with van der Waals surface area (Å²) in [7, 11) is 0. The summed E-state index contributed by atoms with van der Waals surface area (Å²) in [6, 6.07) is 6.33. The Kier molecular flexibility index (Phi) is 2.73. The molecule has 0 spiro atoms. The van der Waals surface area contributed by atoms with Gasteiger partial charge in [-0.1, -0.05) is 18.2 Å². The van der Waals surface area contributed by atoms with Crippen LogP contribution in [-0.4, -0.2) is 13.1 Å². The van der Waals surface area contributed by atoms with Crippen LogP contribution in [0.1, 0.15) is 17.5 Å². The lowest BCUT2D eigenvalue weighted by Crippen LogP contribution is -2.11. The molecule has 76 valence electrons. The van der Waals surface area contributed by atoms with E-state index in [1.807, 2.05) is 0 Å². The van der Waals surface area contributed by atoms with Crippen molar-refractivity contribution in [2.45, 2.75) is 19.8 Å². The van der Waals surface area contributed by atoms with Crippen molar-refractivity contribution >= 4 is 5.69 Å². The molecule has 0 aromatic heterocycles. The highest BCUT2D eigenvalue weighted by Gasteiger charge is 2.16. The normalized spacial score (nSPS) is 21.4. The fourth-order valence-electron chi connectivity index (χ4n) is 2.12. The van der Waals surface area contributed by atoms with E-state index in [0.717, 1.165) is 31.1 Å². The Morgan fingerprint density at radius 1 is 1.50 bits per heavy atom. The Balaban J connectivity index is 2.11. The van der Waals surface area contributed by atoms with E-state index in [2.05, 4.69) is 30.4 Å². The lowest BCUT2D eigenvalue weighted by atomic mass is 9.96. The molecule has 3 N–H and O–H groups in total. The molecule has 0 amide bonds. The van der Waals surface area contributed by atoms with Crippen LogP contribution in [0, 0.1) is 12.8 Å². The van der Waals surface area contributed by atoms with Crippen molar-refractivity contribution in [1.82, 2.24) is 5.32 Å². The van der Waals surface area contributed by atoms with Crippen LogP contribution in [0.3, 0.4) is 0 Å². The van der Waals surface area contributed by atoms with Crippen molar-refractivity contribution in [1.29, 1.82) is 0 Å². The Morgan fingerprint density at radius 2 is 2.36 bits per heavy atom. The first kappa shape index (κ1) is 9.53. The average molecular weight is 190 g/mol. The quantitative estimate of drug-likeness (QED) is 0.697. The third-order valence-electron chi connectivity index (χ3n) is 3.09. The molecule has 1 aliphatic rings. The van der Waals surface area contributed by atoms with Gasteiger partial charge in [-0.3, -0.25) is 0 Å². The van der Waals surface area contributed by atoms with E-state index in [1.54, 1.807) is 0 Å². The topological polar surface area (TPSA) is 38.0 Å². The summed E-state index contributed by atoms with van der Waals surface area (Å²) in [4.78, 5) is 0. The summed E-state index contributed by atoms with van der Waals surface area (Å²) >= 11 is 0. The molecular formula is C12H18N2. The second-order valence-corrected chi connectivity index (χ2v) is 4.21. The zero-order chi connectivity index (χ0) is 9.97. The van der Waals surface area contributed by atoms with Crippen molar-refractivity contribution in [3.63, 3.8) is 0 Å². The van der Waals surface area contributed by atoms with Crippen LogP contribution in [0.15, 0.2) is 18.2 Å². The lowest BCUT2D eigenvalue weighted by Gasteiger charge is -2.12. The third kappa shape index (κ3) is 1.90. The molecule has 2 rings (SSSR count). The Bertz CT molecular complexity index is 314. The molecule has 1 atom stereocenters. The smallest absolute Gasteiger partial charge is 0.0376 e. The number of nitrogens with one attached hydrogen (secondary N) is 1. The molecule has 0 bridgehead atoms. The molecule has 1 unspecified atom stereocenters. The highest BCUT2D eigenvalue weighted by molar-refractivity contribution is 5.53. The Hall–Kier alpha value is -1.02. The fourth-order valence-corrected chi connectivity index (χ4v) is 2.12. The number of rotatable bonds is 2. The molecule has 1 aromatic carbocycles. The van der Waals surface area contributed by atoms with Gasteiger partial charge in [-0.05, 0) is 49.9 Å². The molecular weight excluding hydrogens is 172 g/mol. The summed E-state index contributed by atoms with van der Waals surface area (Å²) in [5, 5.41) is 3.39. The van der Waals surface area contributed by atoms with Crippen LogP contribution < -0.4 is 11.1 Å². The molecule has 0 radical (unpaired) electrons. The minimum atomic E-state index is 0.777. The van der Waals surface area contributed by atoms with E-state index in [1.165, 1.54) is 17.5 Å².